The van der Waals surface area contributed by atoms with E-state index < -0.39 is 5.92 Å². The average molecular weight is 373 g/mol. The fraction of sp³-hybridized carbons (Fsp3) is 0.0952. The van der Waals surface area contributed by atoms with Gasteiger partial charge in [-0.3, -0.25) is 10.1 Å². The number of nitriles is 1. The van der Waals surface area contributed by atoms with Gasteiger partial charge in [-0.05, 0) is 35.2 Å². The van der Waals surface area contributed by atoms with Crippen molar-refractivity contribution in [3.63, 3.8) is 0 Å². The maximum absolute atomic E-state index is 11.5. The predicted octanol–water partition coefficient (Wildman–Crippen LogP) is 5.18. The van der Waals surface area contributed by atoms with Crippen molar-refractivity contribution < 1.29 is 4.92 Å². The summed E-state index contributed by atoms with van der Waals surface area (Å²) in [4.78, 5) is 15.5. The van der Waals surface area contributed by atoms with Crippen LogP contribution in [0.4, 0.5) is 0 Å². The van der Waals surface area contributed by atoms with Crippen molar-refractivity contribution in [2.75, 3.05) is 6.54 Å². The lowest BCUT2D eigenvalue weighted by Crippen LogP contribution is -2.13. The van der Waals surface area contributed by atoms with Crippen molar-refractivity contribution in [3.05, 3.63) is 92.2 Å². The van der Waals surface area contributed by atoms with E-state index in [2.05, 4.69) is 11.1 Å². The lowest BCUT2D eigenvalue weighted by atomic mass is 9.91. The van der Waals surface area contributed by atoms with E-state index in [-0.39, 0.29) is 11.5 Å². The maximum atomic E-state index is 11.5. The molecule has 0 fully saturated rings. The van der Waals surface area contributed by atoms with Gasteiger partial charge < -0.3 is 4.98 Å². The van der Waals surface area contributed by atoms with Crippen molar-refractivity contribution in [1.82, 2.24) is 4.98 Å². The Labute approximate surface area is 159 Å². The Kier molecular flexibility index (Phi) is 4.45. The van der Waals surface area contributed by atoms with Crippen LogP contribution in [0.15, 0.2) is 66.0 Å². The van der Waals surface area contributed by atoms with E-state index in [4.69, 9.17) is 0 Å². The number of H-pyrrole nitrogens is 1. The molecular formula is C21H15N3O2S. The van der Waals surface area contributed by atoms with E-state index in [1.165, 1.54) is 11.3 Å². The minimum absolute atomic E-state index is 0.204. The number of benzene rings is 2. The Bertz CT molecular complexity index is 1140. The van der Waals surface area contributed by atoms with Crippen LogP contribution >= 0.6 is 11.3 Å². The molecule has 0 bridgehead atoms. The summed E-state index contributed by atoms with van der Waals surface area (Å²) in [6.45, 7) is -0.204. The Hall–Kier alpha value is -3.43. The van der Waals surface area contributed by atoms with Gasteiger partial charge in [-0.15, -0.1) is 11.3 Å². The molecule has 1 unspecified atom stereocenters. The van der Waals surface area contributed by atoms with Gasteiger partial charge in [0.2, 0.25) is 6.54 Å². The van der Waals surface area contributed by atoms with Gasteiger partial charge in [0, 0.05) is 26.3 Å². The number of aromatic amines is 1. The highest BCUT2D eigenvalue weighted by molar-refractivity contribution is 7.10. The molecule has 6 heteroatoms. The summed E-state index contributed by atoms with van der Waals surface area (Å²) >= 11 is 1.51. The van der Waals surface area contributed by atoms with Gasteiger partial charge in [-0.25, -0.2) is 0 Å². The van der Waals surface area contributed by atoms with Gasteiger partial charge in [-0.2, -0.15) is 5.26 Å². The number of fused-ring (bicyclic) bond motifs is 1. The maximum Gasteiger partial charge on any atom is 0.215 e. The Morgan fingerprint density at radius 1 is 1.15 bits per heavy atom. The number of rotatable bonds is 5. The summed E-state index contributed by atoms with van der Waals surface area (Å²) in [6, 6.07) is 21.2. The van der Waals surface area contributed by atoms with Crippen molar-refractivity contribution in [2.45, 2.75) is 5.92 Å². The molecule has 4 aromatic rings. The van der Waals surface area contributed by atoms with Crippen LogP contribution in [0.1, 0.15) is 21.9 Å². The highest BCUT2D eigenvalue weighted by Gasteiger charge is 2.28. The molecule has 0 aliphatic rings. The first-order valence-corrected chi connectivity index (χ1v) is 9.31. The van der Waals surface area contributed by atoms with Crippen LogP contribution in [0, 0.1) is 21.4 Å². The molecule has 2 heterocycles. The molecule has 1 atom stereocenters. The fourth-order valence-corrected chi connectivity index (χ4v) is 4.27. The summed E-state index contributed by atoms with van der Waals surface area (Å²) < 4.78 is 0. The molecule has 0 aliphatic heterocycles. The largest absolute Gasteiger partial charge is 0.354 e. The van der Waals surface area contributed by atoms with Crippen molar-refractivity contribution in [2.24, 2.45) is 0 Å². The summed E-state index contributed by atoms with van der Waals surface area (Å²) in [5, 5.41) is 23.6. The van der Waals surface area contributed by atoms with Gasteiger partial charge in [0.1, 0.15) is 0 Å². The predicted molar refractivity (Wildman–Crippen MR) is 106 cm³/mol. The zero-order chi connectivity index (χ0) is 18.8. The molecule has 132 valence electrons. The molecule has 4 rings (SSSR count). The van der Waals surface area contributed by atoms with Crippen LogP contribution < -0.4 is 0 Å². The van der Waals surface area contributed by atoms with Crippen molar-refractivity contribution in [3.8, 4) is 17.3 Å². The first-order valence-electron chi connectivity index (χ1n) is 8.43. The Morgan fingerprint density at radius 3 is 2.63 bits per heavy atom. The minimum atomic E-state index is -0.391. The molecule has 0 spiro atoms. The molecule has 5 nitrogen and oxygen atoms in total. The number of hydrogen-bond donors (Lipinski definition) is 1. The third-order valence-electron chi connectivity index (χ3n) is 4.60. The highest BCUT2D eigenvalue weighted by Crippen LogP contribution is 2.40. The van der Waals surface area contributed by atoms with E-state index in [0.717, 1.165) is 32.6 Å². The van der Waals surface area contributed by atoms with Crippen LogP contribution in [-0.2, 0) is 0 Å². The molecule has 27 heavy (non-hydrogen) atoms. The zero-order valence-corrected chi connectivity index (χ0v) is 15.1. The smallest absolute Gasteiger partial charge is 0.215 e. The highest BCUT2D eigenvalue weighted by atomic mass is 32.1. The third kappa shape index (κ3) is 3.21. The van der Waals surface area contributed by atoms with Crippen LogP contribution in [0.3, 0.4) is 0 Å². The summed E-state index contributed by atoms with van der Waals surface area (Å²) in [5.74, 6) is -0.391. The molecule has 0 saturated carbocycles. The van der Waals surface area contributed by atoms with E-state index in [9.17, 15) is 15.4 Å². The Balaban J connectivity index is 2.03. The zero-order valence-electron chi connectivity index (χ0n) is 14.3. The van der Waals surface area contributed by atoms with E-state index >= 15 is 0 Å². The van der Waals surface area contributed by atoms with Gasteiger partial charge in [0.05, 0.1) is 23.2 Å². The van der Waals surface area contributed by atoms with Gasteiger partial charge in [0.15, 0.2) is 0 Å². The van der Waals surface area contributed by atoms with E-state index in [1.807, 2.05) is 60.0 Å². The Morgan fingerprint density at radius 2 is 1.96 bits per heavy atom. The quantitative estimate of drug-likeness (QED) is 0.387. The molecule has 2 aromatic carbocycles. The van der Waals surface area contributed by atoms with Crippen LogP contribution in [0.2, 0.25) is 0 Å². The van der Waals surface area contributed by atoms with E-state index in [0.29, 0.717) is 5.56 Å². The molecule has 0 saturated heterocycles. The molecule has 0 radical (unpaired) electrons. The second-order valence-electron chi connectivity index (χ2n) is 6.24. The lowest BCUT2D eigenvalue weighted by Gasteiger charge is -2.14. The van der Waals surface area contributed by atoms with Crippen molar-refractivity contribution >= 4 is 22.2 Å². The van der Waals surface area contributed by atoms with Crippen molar-refractivity contribution in [1.29, 1.82) is 5.26 Å². The summed E-state index contributed by atoms with van der Waals surface area (Å²) in [7, 11) is 0. The fourth-order valence-electron chi connectivity index (χ4n) is 3.44. The third-order valence-corrected chi connectivity index (χ3v) is 5.58. The first-order chi connectivity index (χ1) is 13.2. The van der Waals surface area contributed by atoms with E-state index in [1.54, 1.807) is 6.07 Å². The van der Waals surface area contributed by atoms with Gasteiger partial charge >= 0.3 is 0 Å². The number of hydrogen-bond acceptors (Lipinski definition) is 4. The normalized spacial score (nSPS) is 12.0. The topological polar surface area (TPSA) is 82.7 Å². The van der Waals surface area contributed by atoms with Gasteiger partial charge in [0.25, 0.3) is 0 Å². The average Bonchev–Trinajstić information content (AvgIpc) is 3.34. The monoisotopic (exact) mass is 373 g/mol. The standard InChI is InChI=1S/C21H15N3O2S/c22-12-14-8-9-18-16(11-14)20(21(23-18)15-5-2-1-3-6-15)17(13-24(25)26)19-7-4-10-27-19/h1-11,17,23H,13H2. The second kappa shape index (κ2) is 7.06. The van der Waals surface area contributed by atoms with Crippen LogP contribution in [0.25, 0.3) is 22.2 Å². The lowest BCUT2D eigenvalue weighted by molar-refractivity contribution is -0.481. The van der Waals surface area contributed by atoms with Crippen LogP contribution in [0.5, 0.6) is 0 Å². The molecule has 0 aliphatic carbocycles. The molecule has 2 aromatic heterocycles. The molecular weight excluding hydrogens is 358 g/mol. The number of nitrogens with one attached hydrogen (secondary N) is 1. The molecule has 1 N–H and O–H groups in total. The SMILES string of the molecule is N#Cc1ccc2[nH]c(-c3ccccc3)c(C(C[N+](=O)[O-])c3cccs3)c2c1. The second-order valence-corrected chi connectivity index (χ2v) is 7.21. The summed E-state index contributed by atoms with van der Waals surface area (Å²) in [5.41, 5.74) is 4.10. The summed E-state index contributed by atoms with van der Waals surface area (Å²) in [6.07, 6.45) is 0. The molecule has 0 amide bonds. The number of nitro groups is 1. The van der Waals surface area contributed by atoms with Crippen LogP contribution in [-0.4, -0.2) is 16.5 Å². The number of aromatic nitrogens is 1. The first kappa shape index (κ1) is 17.0. The minimum Gasteiger partial charge on any atom is -0.354 e. The number of nitrogens with zero attached hydrogens (tertiary/aromatic N) is 2. The number of thiophene rings is 1. The van der Waals surface area contributed by atoms with Gasteiger partial charge in [-0.1, -0.05) is 36.4 Å².